The van der Waals surface area contributed by atoms with Crippen molar-refractivity contribution < 1.29 is 4.48 Å². The molecule has 0 rings (SSSR count). The lowest BCUT2D eigenvalue weighted by atomic mass is 10.0. The monoisotopic (exact) mass is 424 g/mol. The minimum Gasteiger partial charge on any atom is -0.326 e. The van der Waals surface area contributed by atoms with Crippen LogP contribution in [0.15, 0.2) is 0 Å². The van der Waals surface area contributed by atoms with E-state index in [2.05, 4.69) is 27.8 Å². The van der Waals surface area contributed by atoms with Crippen LogP contribution in [0, 0.1) is 0 Å². The highest BCUT2D eigenvalue weighted by Gasteiger charge is 2.17. The van der Waals surface area contributed by atoms with Gasteiger partial charge in [-0.05, 0) is 32.6 Å². The Labute approximate surface area is 193 Å². The summed E-state index contributed by atoms with van der Waals surface area (Å²) in [6.45, 7) is 11.1. The third kappa shape index (κ3) is 21.2. The molecule has 0 aromatic heterocycles. The van der Waals surface area contributed by atoms with Gasteiger partial charge in [0.15, 0.2) is 0 Å². The highest BCUT2D eigenvalue weighted by Crippen LogP contribution is 2.15. The van der Waals surface area contributed by atoms with Crippen molar-refractivity contribution in [3.05, 3.63) is 0 Å². The molecule has 182 valence electrons. The van der Waals surface area contributed by atoms with Crippen molar-refractivity contribution >= 4 is 0 Å². The lowest BCUT2D eigenvalue weighted by Crippen LogP contribution is -2.45. The minimum absolute atomic E-state index is 1.31. The van der Waals surface area contributed by atoms with Crippen molar-refractivity contribution in [3.63, 3.8) is 0 Å². The molecule has 0 spiro atoms. The van der Waals surface area contributed by atoms with Crippen LogP contribution in [0.3, 0.4) is 0 Å². The van der Waals surface area contributed by atoms with Gasteiger partial charge in [-0.25, -0.2) is 0 Å². The quantitative estimate of drug-likeness (QED) is 0.101. The Kier molecular flexibility index (Phi) is 23.6. The number of rotatable bonds is 25. The molecule has 0 saturated carbocycles. The summed E-state index contributed by atoms with van der Waals surface area (Å²) in [6.07, 6.45) is 32.0. The number of nitrogens with zero attached hydrogens (tertiary/aromatic N) is 1. The van der Waals surface area contributed by atoms with E-state index in [-0.39, 0.29) is 0 Å². The van der Waals surface area contributed by atoms with Crippen LogP contribution in [0.1, 0.15) is 162 Å². The predicted molar refractivity (Wildman–Crippen MR) is 139 cm³/mol. The summed E-state index contributed by atoms with van der Waals surface area (Å²) >= 11 is 0. The van der Waals surface area contributed by atoms with Gasteiger partial charge in [-0.3, -0.25) is 0 Å². The van der Waals surface area contributed by atoms with Gasteiger partial charge >= 0.3 is 0 Å². The molecule has 0 bridgehead atoms. The van der Waals surface area contributed by atoms with E-state index in [0.717, 1.165) is 0 Å². The molecule has 0 heterocycles. The van der Waals surface area contributed by atoms with Gasteiger partial charge in [-0.1, -0.05) is 129 Å². The fourth-order valence-corrected chi connectivity index (χ4v) is 4.74. The lowest BCUT2D eigenvalue weighted by molar-refractivity contribution is -0.908. The lowest BCUT2D eigenvalue weighted by Gasteiger charge is -2.33. The van der Waals surface area contributed by atoms with E-state index in [1.54, 1.807) is 0 Å². The second-order valence-electron chi connectivity index (χ2n) is 10.5. The van der Waals surface area contributed by atoms with E-state index < -0.39 is 0 Å². The maximum Gasteiger partial charge on any atom is 0.0784 e. The van der Waals surface area contributed by atoms with E-state index in [9.17, 15) is 0 Å². The van der Waals surface area contributed by atoms with E-state index in [4.69, 9.17) is 0 Å². The molecule has 0 atom stereocenters. The standard InChI is InChI=1S/C29H62N/c1-5-8-10-12-14-16-18-20-22-24-26-28-30(4,7-3)29-27-25-23-21-19-17-15-13-11-9-6-2/h5-29H2,1-4H3/q+1. The first kappa shape index (κ1) is 30.0. The van der Waals surface area contributed by atoms with Gasteiger partial charge in [0.05, 0.1) is 26.7 Å². The summed E-state index contributed by atoms with van der Waals surface area (Å²) in [4.78, 5) is 0. The van der Waals surface area contributed by atoms with E-state index in [1.165, 1.54) is 165 Å². The molecule has 0 aliphatic rings. The Morgan fingerprint density at radius 3 is 0.800 bits per heavy atom. The molecule has 1 nitrogen and oxygen atoms in total. The molecule has 0 N–H and O–H groups in total. The summed E-state index contributed by atoms with van der Waals surface area (Å²) in [5, 5.41) is 0. The van der Waals surface area contributed by atoms with Gasteiger partial charge in [-0.2, -0.15) is 0 Å². The van der Waals surface area contributed by atoms with Crippen LogP contribution in [0.4, 0.5) is 0 Å². The molecule has 0 aliphatic heterocycles. The maximum absolute atomic E-state index is 2.51. The molecular formula is C29H62N+. The largest absolute Gasteiger partial charge is 0.326 e. The average molecular weight is 425 g/mol. The fraction of sp³-hybridized carbons (Fsp3) is 1.00. The van der Waals surface area contributed by atoms with E-state index in [0.29, 0.717) is 0 Å². The van der Waals surface area contributed by atoms with Gasteiger partial charge in [0.1, 0.15) is 0 Å². The molecule has 30 heavy (non-hydrogen) atoms. The molecule has 0 saturated heterocycles. The SMILES string of the molecule is CCCCCCCCCCCCC[N+](C)(CC)CCCCCCCCCCCCC. The molecule has 0 aromatic rings. The van der Waals surface area contributed by atoms with Crippen LogP contribution in [0.25, 0.3) is 0 Å². The zero-order chi connectivity index (χ0) is 22.2. The maximum atomic E-state index is 2.51. The van der Waals surface area contributed by atoms with Crippen LogP contribution in [-0.2, 0) is 0 Å². The van der Waals surface area contributed by atoms with Gasteiger partial charge in [0, 0.05) is 0 Å². The molecule has 0 aromatic carbocycles. The highest BCUT2D eigenvalue weighted by atomic mass is 15.3. The van der Waals surface area contributed by atoms with Crippen molar-refractivity contribution in [1.82, 2.24) is 0 Å². The summed E-state index contributed by atoms with van der Waals surface area (Å²) in [5.41, 5.74) is 0. The molecular weight excluding hydrogens is 362 g/mol. The number of quaternary nitrogens is 1. The van der Waals surface area contributed by atoms with Crippen LogP contribution >= 0.6 is 0 Å². The average Bonchev–Trinajstić information content (AvgIpc) is 2.76. The molecule has 0 unspecified atom stereocenters. The van der Waals surface area contributed by atoms with Gasteiger partial charge in [0.25, 0.3) is 0 Å². The summed E-state index contributed by atoms with van der Waals surface area (Å²) in [6, 6.07) is 0. The van der Waals surface area contributed by atoms with Crippen molar-refractivity contribution in [2.45, 2.75) is 162 Å². The summed E-state index contributed by atoms with van der Waals surface area (Å²) in [7, 11) is 2.51. The second kappa shape index (κ2) is 23.6. The zero-order valence-electron chi connectivity index (χ0n) is 22.1. The molecule has 0 fully saturated rings. The van der Waals surface area contributed by atoms with Crippen LogP contribution in [-0.4, -0.2) is 31.2 Å². The molecule has 0 radical (unpaired) electrons. The first-order chi connectivity index (χ1) is 14.7. The van der Waals surface area contributed by atoms with E-state index >= 15 is 0 Å². The Balaban J connectivity index is 3.45. The number of hydrogen-bond donors (Lipinski definition) is 0. The van der Waals surface area contributed by atoms with Crippen molar-refractivity contribution in [3.8, 4) is 0 Å². The smallest absolute Gasteiger partial charge is 0.0784 e. The van der Waals surface area contributed by atoms with Crippen LogP contribution < -0.4 is 0 Å². The van der Waals surface area contributed by atoms with E-state index in [1.807, 2.05) is 0 Å². The predicted octanol–water partition coefficient (Wildman–Crippen LogP) is 10.1. The Morgan fingerprint density at radius 2 is 0.567 bits per heavy atom. The normalized spacial score (nSPS) is 12.0. The zero-order valence-corrected chi connectivity index (χ0v) is 22.1. The first-order valence-corrected chi connectivity index (χ1v) is 14.5. The van der Waals surface area contributed by atoms with Gasteiger partial charge in [-0.15, -0.1) is 0 Å². The van der Waals surface area contributed by atoms with Gasteiger partial charge in [0.2, 0.25) is 0 Å². The van der Waals surface area contributed by atoms with Crippen molar-refractivity contribution in [2.24, 2.45) is 0 Å². The van der Waals surface area contributed by atoms with Crippen LogP contribution in [0.5, 0.6) is 0 Å². The number of unbranched alkanes of at least 4 members (excludes halogenated alkanes) is 20. The second-order valence-corrected chi connectivity index (χ2v) is 10.5. The third-order valence-corrected chi connectivity index (χ3v) is 7.37. The molecule has 0 amide bonds. The molecule has 1 heteroatoms. The Morgan fingerprint density at radius 1 is 0.333 bits per heavy atom. The van der Waals surface area contributed by atoms with Gasteiger partial charge < -0.3 is 4.48 Å². The fourth-order valence-electron chi connectivity index (χ4n) is 4.74. The summed E-state index contributed by atoms with van der Waals surface area (Å²) < 4.78 is 1.31. The van der Waals surface area contributed by atoms with Crippen molar-refractivity contribution in [2.75, 3.05) is 26.7 Å². The number of hydrogen-bond acceptors (Lipinski definition) is 0. The minimum atomic E-state index is 1.31. The summed E-state index contributed by atoms with van der Waals surface area (Å²) in [5.74, 6) is 0. The van der Waals surface area contributed by atoms with Crippen molar-refractivity contribution in [1.29, 1.82) is 0 Å². The molecule has 0 aliphatic carbocycles. The topological polar surface area (TPSA) is 0 Å². The van der Waals surface area contributed by atoms with Crippen LogP contribution in [0.2, 0.25) is 0 Å². The first-order valence-electron chi connectivity index (χ1n) is 14.5. The highest BCUT2D eigenvalue weighted by molar-refractivity contribution is 4.51. The Hall–Kier alpha value is -0.0400. The third-order valence-electron chi connectivity index (χ3n) is 7.37. The Bertz CT molecular complexity index is 285.